The summed E-state index contributed by atoms with van der Waals surface area (Å²) in [5.41, 5.74) is 0. The molecule has 0 bridgehead atoms. The Hall–Kier alpha value is -0.556. The van der Waals surface area contributed by atoms with Gasteiger partial charge in [-0.3, -0.25) is 0 Å². The second-order valence-corrected chi connectivity index (χ2v) is 15.9. The minimum Gasteiger partial charge on any atom is -0.450 e. The molecule has 1 rings (SSSR count). The highest BCUT2D eigenvalue weighted by Gasteiger charge is 2.42. The number of rotatable bonds is 6. The summed E-state index contributed by atoms with van der Waals surface area (Å²) in [7, 11) is -2.83. The molecule has 1 heterocycles. The molecule has 0 unspecified atom stereocenters. The third-order valence-corrected chi connectivity index (χ3v) is 13.9. The van der Waals surface area contributed by atoms with Crippen molar-refractivity contribution in [3.8, 4) is 0 Å². The maximum Gasteiger partial charge on any atom is 0.182 e. The van der Waals surface area contributed by atoms with Crippen LogP contribution in [0.3, 0.4) is 0 Å². The number of nitrogens with zero attached hydrogens (tertiary/aromatic N) is 2. The van der Waals surface area contributed by atoms with Gasteiger partial charge < -0.3 is 8.65 Å². The molecule has 5 heteroatoms. The van der Waals surface area contributed by atoms with Crippen LogP contribution in [0, 0.1) is 0 Å². The maximum atomic E-state index is 5.21. The number of aromatic nitrogens is 1. The summed E-state index contributed by atoms with van der Waals surface area (Å²) in [6.45, 7) is 14.2. The molecule has 0 aliphatic carbocycles. The van der Waals surface area contributed by atoms with E-state index in [1.807, 2.05) is 6.26 Å². The van der Waals surface area contributed by atoms with Gasteiger partial charge in [0.2, 0.25) is 0 Å². The largest absolute Gasteiger partial charge is 0.450 e. The van der Waals surface area contributed by atoms with Gasteiger partial charge >= 0.3 is 0 Å². The molecular formula is C12H26N2OSi2. The van der Waals surface area contributed by atoms with E-state index in [2.05, 4.69) is 49.6 Å². The first-order valence-corrected chi connectivity index (χ1v) is 12.6. The number of hydrogen-bond acceptors (Lipinski definition) is 3. The summed E-state index contributed by atoms with van der Waals surface area (Å²) >= 11 is 0. The van der Waals surface area contributed by atoms with Crippen LogP contribution in [-0.2, 0) is 0 Å². The Bertz CT molecular complexity index is 321. The Morgan fingerprint density at radius 3 is 1.94 bits per heavy atom. The van der Waals surface area contributed by atoms with E-state index >= 15 is 0 Å². The van der Waals surface area contributed by atoms with Crippen molar-refractivity contribution in [3.05, 3.63) is 12.7 Å². The summed E-state index contributed by atoms with van der Waals surface area (Å²) in [6, 6.07) is 3.87. The lowest BCUT2D eigenvalue weighted by Crippen LogP contribution is -2.63. The summed E-state index contributed by atoms with van der Waals surface area (Å²) in [5.74, 6) is 1.07. The van der Waals surface area contributed by atoms with Gasteiger partial charge in [0.05, 0.1) is 0 Å². The highest BCUT2D eigenvalue weighted by atomic mass is 28.4. The smallest absolute Gasteiger partial charge is 0.182 e. The Labute approximate surface area is 107 Å². The van der Waals surface area contributed by atoms with E-state index in [4.69, 9.17) is 4.42 Å². The molecule has 0 N–H and O–H groups in total. The molecule has 1 aromatic heterocycles. The Kier molecular flexibility index (Phi) is 4.60. The Morgan fingerprint density at radius 1 is 1.12 bits per heavy atom. The van der Waals surface area contributed by atoms with Crippen molar-refractivity contribution in [1.29, 1.82) is 0 Å². The molecule has 0 amide bonds. The summed E-state index contributed by atoms with van der Waals surface area (Å²) < 4.78 is 7.91. The van der Waals surface area contributed by atoms with Gasteiger partial charge in [-0.1, -0.05) is 40.4 Å². The van der Waals surface area contributed by atoms with Crippen LogP contribution in [0.4, 0.5) is 5.82 Å². The van der Waals surface area contributed by atoms with Crippen molar-refractivity contribution in [2.45, 2.75) is 58.5 Å². The molecule has 0 aliphatic rings. The van der Waals surface area contributed by atoms with Crippen LogP contribution in [0.1, 0.15) is 20.8 Å². The predicted octanol–water partition coefficient (Wildman–Crippen LogP) is 4.32. The van der Waals surface area contributed by atoms with E-state index in [0.717, 1.165) is 5.82 Å². The first-order chi connectivity index (χ1) is 7.91. The van der Waals surface area contributed by atoms with Crippen molar-refractivity contribution in [3.63, 3.8) is 0 Å². The third-order valence-electron chi connectivity index (χ3n) is 3.77. The zero-order valence-corrected chi connectivity index (χ0v) is 14.1. The molecule has 0 fully saturated rings. The number of hydrogen-bond donors (Lipinski definition) is 0. The minimum absolute atomic E-state index is 1.07. The molecule has 0 saturated carbocycles. The van der Waals surface area contributed by atoms with E-state index in [-0.39, 0.29) is 0 Å². The molecule has 0 aliphatic heterocycles. The topological polar surface area (TPSA) is 29.3 Å². The Morgan fingerprint density at radius 2 is 1.65 bits per heavy atom. The standard InChI is InChI=1S/C12H26N2OSi2/c1-7-17(8-2,9-3)14(16(4,5)6)12-10-15-11-13-12/h10-11H,7-9H2,1-6H3. The molecule has 1 aromatic rings. The van der Waals surface area contributed by atoms with Crippen molar-refractivity contribution in [2.24, 2.45) is 0 Å². The number of oxazole rings is 1. The van der Waals surface area contributed by atoms with Crippen LogP contribution in [-0.4, -0.2) is 21.5 Å². The normalized spacial score (nSPS) is 12.8. The molecule has 0 atom stereocenters. The van der Waals surface area contributed by atoms with Crippen LogP contribution in [0.5, 0.6) is 0 Å². The molecular weight excluding hydrogens is 244 g/mol. The fourth-order valence-electron chi connectivity index (χ4n) is 2.84. The summed E-state index contributed by atoms with van der Waals surface area (Å²) in [4.78, 5) is 4.42. The lowest BCUT2D eigenvalue weighted by atomic mass is 10.8. The molecule has 0 aromatic carbocycles. The summed E-state index contributed by atoms with van der Waals surface area (Å²) in [6.07, 6.45) is 3.38. The fraction of sp³-hybridized carbons (Fsp3) is 0.750. The average Bonchev–Trinajstić information content (AvgIpc) is 2.77. The summed E-state index contributed by atoms with van der Waals surface area (Å²) in [5, 5.41) is 0. The molecule has 0 saturated heterocycles. The minimum atomic E-state index is -1.42. The van der Waals surface area contributed by atoms with E-state index in [1.165, 1.54) is 18.1 Å². The van der Waals surface area contributed by atoms with Gasteiger partial charge in [0, 0.05) is 0 Å². The van der Waals surface area contributed by atoms with Crippen LogP contribution < -0.4 is 4.23 Å². The Balaban J connectivity index is 3.23. The molecule has 3 nitrogen and oxygen atoms in total. The van der Waals surface area contributed by atoms with Crippen molar-refractivity contribution < 1.29 is 4.42 Å². The zero-order chi connectivity index (χ0) is 13.1. The van der Waals surface area contributed by atoms with Gasteiger partial charge in [-0.25, -0.2) is 4.98 Å². The maximum absolute atomic E-state index is 5.21. The van der Waals surface area contributed by atoms with Crippen LogP contribution >= 0.6 is 0 Å². The van der Waals surface area contributed by atoms with Gasteiger partial charge in [-0.15, -0.1) is 0 Å². The van der Waals surface area contributed by atoms with Gasteiger partial charge in [0.15, 0.2) is 12.2 Å². The number of anilines is 1. The van der Waals surface area contributed by atoms with Crippen molar-refractivity contribution in [1.82, 2.24) is 4.98 Å². The highest BCUT2D eigenvalue weighted by molar-refractivity contribution is 7.00. The van der Waals surface area contributed by atoms with Crippen LogP contribution in [0.2, 0.25) is 37.8 Å². The van der Waals surface area contributed by atoms with E-state index < -0.39 is 16.5 Å². The second-order valence-electron chi connectivity index (χ2n) is 5.64. The SMILES string of the molecule is CC[Si](CC)(CC)N(c1cocn1)[Si](C)(C)C. The van der Waals surface area contributed by atoms with Crippen molar-refractivity contribution >= 4 is 22.3 Å². The van der Waals surface area contributed by atoms with Crippen LogP contribution in [0.25, 0.3) is 0 Å². The van der Waals surface area contributed by atoms with E-state index in [0.29, 0.717) is 0 Å². The quantitative estimate of drug-likeness (QED) is 0.721. The first-order valence-electron chi connectivity index (χ1n) is 6.59. The molecule has 0 radical (unpaired) electrons. The molecule has 0 spiro atoms. The second kappa shape index (κ2) is 5.39. The zero-order valence-electron chi connectivity index (χ0n) is 12.1. The lowest BCUT2D eigenvalue weighted by Gasteiger charge is -2.48. The van der Waals surface area contributed by atoms with Gasteiger partial charge in [-0.05, 0) is 18.1 Å². The van der Waals surface area contributed by atoms with E-state index in [1.54, 1.807) is 6.39 Å². The monoisotopic (exact) mass is 270 g/mol. The van der Waals surface area contributed by atoms with Gasteiger partial charge in [0.1, 0.15) is 22.7 Å². The predicted molar refractivity (Wildman–Crippen MR) is 79.5 cm³/mol. The fourth-order valence-corrected chi connectivity index (χ4v) is 13.8. The molecule has 98 valence electrons. The van der Waals surface area contributed by atoms with Crippen LogP contribution in [0.15, 0.2) is 17.1 Å². The van der Waals surface area contributed by atoms with Gasteiger partial charge in [0.25, 0.3) is 0 Å². The van der Waals surface area contributed by atoms with Gasteiger partial charge in [-0.2, -0.15) is 0 Å². The van der Waals surface area contributed by atoms with E-state index in [9.17, 15) is 0 Å². The highest BCUT2D eigenvalue weighted by Crippen LogP contribution is 2.33. The third kappa shape index (κ3) is 2.82. The lowest BCUT2D eigenvalue weighted by molar-refractivity contribution is 0.558. The average molecular weight is 271 g/mol. The molecule has 17 heavy (non-hydrogen) atoms. The first kappa shape index (κ1) is 14.5. The van der Waals surface area contributed by atoms with Crippen molar-refractivity contribution in [2.75, 3.05) is 4.23 Å².